The first-order valence-corrected chi connectivity index (χ1v) is 12.6. The van der Waals surface area contributed by atoms with E-state index in [0.29, 0.717) is 6.61 Å². The Morgan fingerprint density at radius 1 is 0.867 bits per heavy atom. The summed E-state index contributed by atoms with van der Waals surface area (Å²) in [5, 5.41) is 28.6. The molecule has 0 bridgehead atoms. The fraction of sp³-hybridized carbons (Fsp3) is 0.920. The summed E-state index contributed by atoms with van der Waals surface area (Å²) >= 11 is 0. The van der Waals surface area contributed by atoms with E-state index in [1.807, 2.05) is 0 Å². The second-order valence-corrected chi connectivity index (χ2v) is 8.74. The SMILES string of the molecule is CCCCCCC/C=C/CCCCCCCCCCO[C@@H]1CO[C@H]([C@@H](O)CO)[C@@H]1O. The van der Waals surface area contributed by atoms with Crippen LogP contribution in [0.5, 0.6) is 0 Å². The Kier molecular flexibility index (Phi) is 17.7. The highest BCUT2D eigenvalue weighted by molar-refractivity contribution is 4.88. The first kappa shape index (κ1) is 27.6. The number of hydrogen-bond acceptors (Lipinski definition) is 5. The van der Waals surface area contributed by atoms with E-state index in [4.69, 9.17) is 14.6 Å². The van der Waals surface area contributed by atoms with Crippen molar-refractivity contribution < 1.29 is 24.8 Å². The van der Waals surface area contributed by atoms with Crippen LogP contribution >= 0.6 is 0 Å². The lowest BCUT2D eigenvalue weighted by Gasteiger charge is -2.20. The van der Waals surface area contributed by atoms with Gasteiger partial charge in [0.25, 0.3) is 0 Å². The van der Waals surface area contributed by atoms with Crippen LogP contribution in [0.25, 0.3) is 0 Å². The fourth-order valence-electron chi connectivity index (χ4n) is 3.97. The predicted molar refractivity (Wildman–Crippen MR) is 123 cm³/mol. The Labute approximate surface area is 184 Å². The number of hydrogen-bond donors (Lipinski definition) is 3. The lowest BCUT2D eigenvalue weighted by atomic mass is 10.1. The largest absolute Gasteiger partial charge is 0.394 e. The van der Waals surface area contributed by atoms with Gasteiger partial charge in [-0.05, 0) is 32.1 Å². The van der Waals surface area contributed by atoms with Crippen molar-refractivity contribution in [1.82, 2.24) is 0 Å². The molecule has 0 amide bonds. The minimum Gasteiger partial charge on any atom is -0.394 e. The van der Waals surface area contributed by atoms with E-state index in [9.17, 15) is 10.2 Å². The van der Waals surface area contributed by atoms with Crippen molar-refractivity contribution in [1.29, 1.82) is 0 Å². The molecule has 1 aliphatic heterocycles. The predicted octanol–water partition coefficient (Wildman–Crippen LogP) is 4.91. The molecule has 5 nitrogen and oxygen atoms in total. The molecule has 0 spiro atoms. The molecule has 1 aliphatic rings. The first-order chi connectivity index (χ1) is 14.7. The second kappa shape index (κ2) is 19.2. The maximum Gasteiger partial charge on any atom is 0.114 e. The average molecular weight is 429 g/mol. The van der Waals surface area contributed by atoms with Crippen molar-refractivity contribution in [3.63, 3.8) is 0 Å². The third kappa shape index (κ3) is 13.1. The van der Waals surface area contributed by atoms with Gasteiger partial charge in [0.1, 0.15) is 24.4 Å². The molecule has 30 heavy (non-hydrogen) atoms. The third-order valence-electron chi connectivity index (χ3n) is 5.97. The molecule has 1 saturated heterocycles. The maximum absolute atomic E-state index is 10.1. The molecule has 0 aromatic rings. The van der Waals surface area contributed by atoms with E-state index in [1.165, 1.54) is 83.5 Å². The van der Waals surface area contributed by atoms with Gasteiger partial charge >= 0.3 is 0 Å². The van der Waals surface area contributed by atoms with E-state index < -0.39 is 31.0 Å². The molecule has 0 unspecified atom stereocenters. The molecule has 0 saturated carbocycles. The molecule has 0 aromatic carbocycles. The van der Waals surface area contributed by atoms with Crippen molar-refractivity contribution >= 4 is 0 Å². The molecule has 4 atom stereocenters. The molecule has 1 fully saturated rings. The van der Waals surface area contributed by atoms with Crippen molar-refractivity contribution in [3.05, 3.63) is 12.2 Å². The average Bonchev–Trinajstić information content (AvgIpc) is 3.12. The minimum absolute atomic E-state index is 0.275. The summed E-state index contributed by atoms with van der Waals surface area (Å²) in [6.45, 7) is 2.74. The molecule has 3 N–H and O–H groups in total. The van der Waals surface area contributed by atoms with Crippen LogP contribution in [0.3, 0.4) is 0 Å². The van der Waals surface area contributed by atoms with E-state index >= 15 is 0 Å². The van der Waals surface area contributed by atoms with Crippen molar-refractivity contribution in [3.8, 4) is 0 Å². The zero-order chi connectivity index (χ0) is 21.9. The van der Waals surface area contributed by atoms with Gasteiger partial charge in [0.05, 0.1) is 13.2 Å². The van der Waals surface area contributed by atoms with Crippen molar-refractivity contribution in [2.75, 3.05) is 19.8 Å². The Hall–Kier alpha value is -0.460. The highest BCUT2D eigenvalue weighted by atomic mass is 16.6. The number of rotatable bonds is 20. The molecule has 0 aromatic heterocycles. The Morgan fingerprint density at radius 2 is 1.40 bits per heavy atom. The molecule has 1 heterocycles. The molecule has 0 radical (unpaired) electrons. The summed E-state index contributed by atoms with van der Waals surface area (Å²) in [6, 6.07) is 0. The normalized spacial score (nSPS) is 22.9. The van der Waals surface area contributed by atoms with Crippen LogP contribution in [0.15, 0.2) is 12.2 Å². The van der Waals surface area contributed by atoms with Crippen LogP contribution < -0.4 is 0 Å². The van der Waals surface area contributed by atoms with Gasteiger partial charge in [-0.2, -0.15) is 0 Å². The summed E-state index contributed by atoms with van der Waals surface area (Å²) in [6.07, 6.45) is 21.0. The van der Waals surface area contributed by atoms with E-state index in [2.05, 4.69) is 19.1 Å². The van der Waals surface area contributed by atoms with Crippen molar-refractivity contribution in [2.45, 2.75) is 128 Å². The number of aliphatic hydroxyl groups is 3. The summed E-state index contributed by atoms with van der Waals surface area (Å²) < 4.78 is 11.0. The zero-order valence-corrected chi connectivity index (χ0v) is 19.4. The molecular weight excluding hydrogens is 380 g/mol. The number of ether oxygens (including phenoxy) is 2. The molecule has 1 rings (SSSR count). The van der Waals surface area contributed by atoms with Gasteiger partial charge < -0.3 is 24.8 Å². The van der Waals surface area contributed by atoms with Crippen LogP contribution in [-0.2, 0) is 9.47 Å². The van der Waals surface area contributed by atoms with Gasteiger partial charge in [-0.25, -0.2) is 0 Å². The van der Waals surface area contributed by atoms with Crippen LogP contribution in [0.4, 0.5) is 0 Å². The lowest BCUT2D eigenvalue weighted by molar-refractivity contribution is -0.0730. The van der Waals surface area contributed by atoms with Crippen LogP contribution in [0.2, 0.25) is 0 Å². The van der Waals surface area contributed by atoms with Crippen LogP contribution in [-0.4, -0.2) is 59.6 Å². The highest BCUT2D eigenvalue weighted by Gasteiger charge is 2.40. The maximum atomic E-state index is 10.1. The standard InChI is InChI=1S/C25H48O5/c1-2-3-4-5-6-7-8-9-10-11-12-13-14-15-16-17-18-19-29-23-21-30-25(24(23)28)22(27)20-26/h8-9,22-28H,2-7,10-21H2,1H3/b9-8+/t22-,23+,24+,25+/m0/s1. The summed E-state index contributed by atoms with van der Waals surface area (Å²) in [5.41, 5.74) is 0. The summed E-state index contributed by atoms with van der Waals surface area (Å²) in [5.74, 6) is 0. The first-order valence-electron chi connectivity index (χ1n) is 12.6. The van der Waals surface area contributed by atoms with Gasteiger partial charge in [-0.15, -0.1) is 0 Å². The molecule has 178 valence electrons. The molecule has 5 heteroatoms. The Balaban J connectivity index is 1.81. The third-order valence-corrected chi connectivity index (χ3v) is 5.97. The molecular formula is C25H48O5. The smallest absolute Gasteiger partial charge is 0.114 e. The van der Waals surface area contributed by atoms with Crippen LogP contribution in [0, 0.1) is 0 Å². The van der Waals surface area contributed by atoms with Gasteiger partial charge in [0.2, 0.25) is 0 Å². The monoisotopic (exact) mass is 428 g/mol. The second-order valence-electron chi connectivity index (χ2n) is 8.74. The quantitative estimate of drug-likeness (QED) is 0.190. The Bertz CT molecular complexity index is 401. The zero-order valence-electron chi connectivity index (χ0n) is 19.4. The molecule has 0 aliphatic carbocycles. The fourth-order valence-corrected chi connectivity index (χ4v) is 3.97. The van der Waals surface area contributed by atoms with E-state index in [0.717, 1.165) is 12.8 Å². The van der Waals surface area contributed by atoms with Crippen LogP contribution in [0.1, 0.15) is 103 Å². The van der Waals surface area contributed by atoms with E-state index in [1.54, 1.807) is 0 Å². The van der Waals surface area contributed by atoms with Gasteiger partial charge in [0, 0.05) is 6.61 Å². The number of unbranched alkanes of at least 4 members (excludes halogenated alkanes) is 13. The topological polar surface area (TPSA) is 79.2 Å². The summed E-state index contributed by atoms with van der Waals surface area (Å²) in [7, 11) is 0. The van der Waals surface area contributed by atoms with Gasteiger partial charge in [0.15, 0.2) is 0 Å². The van der Waals surface area contributed by atoms with Gasteiger partial charge in [-0.1, -0.05) is 83.3 Å². The van der Waals surface area contributed by atoms with E-state index in [-0.39, 0.29) is 6.61 Å². The van der Waals surface area contributed by atoms with Gasteiger partial charge in [-0.3, -0.25) is 0 Å². The summed E-state index contributed by atoms with van der Waals surface area (Å²) in [4.78, 5) is 0. The highest BCUT2D eigenvalue weighted by Crippen LogP contribution is 2.20. The minimum atomic E-state index is -1.05. The Morgan fingerprint density at radius 3 is 1.97 bits per heavy atom. The van der Waals surface area contributed by atoms with Crippen molar-refractivity contribution in [2.24, 2.45) is 0 Å². The number of aliphatic hydroxyl groups excluding tert-OH is 3. The lowest BCUT2D eigenvalue weighted by Crippen LogP contribution is -2.41. The number of allylic oxidation sites excluding steroid dienone is 2.